The summed E-state index contributed by atoms with van der Waals surface area (Å²) in [5.41, 5.74) is 0. The molecule has 0 fully saturated rings. The Morgan fingerprint density at radius 1 is 0.786 bits per heavy atom. The molecule has 2 aromatic carbocycles. The predicted octanol–water partition coefficient (Wildman–Crippen LogP) is 0.420. The summed E-state index contributed by atoms with van der Waals surface area (Å²) in [5.74, 6) is 0. The van der Waals surface area contributed by atoms with Gasteiger partial charge in [0, 0.05) is 0 Å². The Morgan fingerprint density at radius 2 is 1.43 bits per heavy atom. The van der Waals surface area contributed by atoms with Gasteiger partial charge >= 0.3 is 21.2 Å². The summed E-state index contributed by atoms with van der Waals surface area (Å²) in [6, 6.07) is 19.4. The molecule has 0 heterocycles. The molecule has 0 radical (unpaired) electrons. The summed E-state index contributed by atoms with van der Waals surface area (Å²) in [6.45, 7) is 0. The molecule has 0 N–H and O–H groups in total. The monoisotopic (exact) mass is 407 g/mol. The fourth-order valence-electron chi connectivity index (χ4n) is 1.11. The maximum absolute atomic E-state index is 2.41. The molecule has 0 atom stereocenters. The van der Waals surface area contributed by atoms with Crippen LogP contribution in [0.25, 0.3) is 0 Å². The number of halogens is 2. The second-order valence-corrected chi connectivity index (χ2v) is 6.91. The van der Waals surface area contributed by atoms with Crippen LogP contribution >= 0.6 is 22.6 Å². The highest BCUT2D eigenvalue weighted by Crippen LogP contribution is 2.01. The zero-order valence-corrected chi connectivity index (χ0v) is 11.8. The van der Waals surface area contributed by atoms with E-state index in [-0.39, 0.29) is 21.2 Å². The van der Waals surface area contributed by atoms with Crippen molar-refractivity contribution in [2.45, 2.75) is 0 Å². The van der Waals surface area contributed by atoms with E-state index in [0.29, 0.717) is 0 Å². The lowest BCUT2D eigenvalue weighted by Crippen LogP contribution is -3.61. The maximum atomic E-state index is 2.41. The molecule has 2 rings (SSSR count). The molecular weight excluding hydrogens is 398 g/mol. The van der Waals surface area contributed by atoms with E-state index in [2.05, 4.69) is 77.2 Å². The fraction of sp³-hybridized carbons (Fsp3) is 0. The van der Waals surface area contributed by atoms with E-state index in [4.69, 9.17) is 0 Å². The van der Waals surface area contributed by atoms with E-state index in [1.807, 2.05) is 0 Å². The van der Waals surface area contributed by atoms with Crippen LogP contribution in [-0.2, 0) is 0 Å². The Kier molecular flexibility index (Phi) is 3.81. The first kappa shape index (κ1) is 10.4. The lowest BCUT2D eigenvalue weighted by molar-refractivity contribution is -0.598. The molecule has 0 unspecified atom stereocenters. The van der Waals surface area contributed by atoms with E-state index < -0.39 is 0 Å². The second kappa shape index (κ2) is 5.11. The molecular formula is C12H9I2+. The minimum absolute atomic E-state index is 0.000524. The van der Waals surface area contributed by atoms with Gasteiger partial charge in [0.05, 0.1) is 3.57 Å². The van der Waals surface area contributed by atoms with Crippen molar-refractivity contribution in [3.63, 3.8) is 0 Å². The van der Waals surface area contributed by atoms with Crippen molar-refractivity contribution in [1.82, 2.24) is 0 Å². The van der Waals surface area contributed by atoms with Gasteiger partial charge in [-0.2, -0.15) is 0 Å². The molecule has 14 heavy (non-hydrogen) atoms. The van der Waals surface area contributed by atoms with Crippen LogP contribution in [0.1, 0.15) is 0 Å². The molecule has 0 bridgehead atoms. The van der Waals surface area contributed by atoms with Gasteiger partial charge in [0.2, 0.25) is 3.57 Å². The molecule has 0 aliphatic carbocycles. The van der Waals surface area contributed by atoms with Gasteiger partial charge in [-0.05, 0) is 46.9 Å². The summed E-state index contributed by atoms with van der Waals surface area (Å²) >= 11 is 2.41. The minimum atomic E-state index is -0.000524. The molecule has 0 aliphatic heterocycles. The van der Waals surface area contributed by atoms with Crippen molar-refractivity contribution < 1.29 is 21.2 Å². The second-order valence-electron chi connectivity index (χ2n) is 2.80. The van der Waals surface area contributed by atoms with Gasteiger partial charge in [-0.25, -0.2) is 0 Å². The highest BCUT2D eigenvalue weighted by molar-refractivity contribution is 14.1. The van der Waals surface area contributed by atoms with Crippen LogP contribution in [0.15, 0.2) is 54.6 Å². The van der Waals surface area contributed by atoms with E-state index >= 15 is 0 Å². The Balaban J connectivity index is 2.24. The molecule has 0 aliphatic rings. The Bertz CT molecular complexity index is 410. The summed E-state index contributed by atoms with van der Waals surface area (Å²) in [4.78, 5) is 0. The van der Waals surface area contributed by atoms with Gasteiger partial charge in [-0.3, -0.25) is 0 Å². The zero-order chi connectivity index (χ0) is 9.80. The number of hydrogen-bond acceptors (Lipinski definition) is 0. The van der Waals surface area contributed by atoms with E-state index in [0.717, 1.165) is 0 Å². The predicted molar refractivity (Wildman–Crippen MR) is 63.0 cm³/mol. The normalized spacial score (nSPS) is 10.1. The SMILES string of the molecule is Ic1ccccc1[I+]c1ccccc1. The van der Waals surface area contributed by atoms with Crippen LogP contribution in [0.2, 0.25) is 0 Å². The number of hydrogen-bond donors (Lipinski definition) is 0. The lowest BCUT2D eigenvalue weighted by Gasteiger charge is -1.89. The van der Waals surface area contributed by atoms with Crippen LogP contribution in [0.4, 0.5) is 0 Å². The average molecular weight is 407 g/mol. The van der Waals surface area contributed by atoms with Gasteiger partial charge in [0.15, 0.2) is 3.57 Å². The third-order valence-corrected chi connectivity index (χ3v) is 6.60. The first-order valence-corrected chi connectivity index (χ1v) is 7.54. The van der Waals surface area contributed by atoms with Gasteiger partial charge < -0.3 is 0 Å². The van der Waals surface area contributed by atoms with Crippen LogP contribution in [0, 0.1) is 10.7 Å². The molecule has 2 heteroatoms. The van der Waals surface area contributed by atoms with E-state index in [9.17, 15) is 0 Å². The molecule has 0 nitrogen and oxygen atoms in total. The van der Waals surface area contributed by atoms with Crippen molar-refractivity contribution in [1.29, 1.82) is 0 Å². The Labute approximate surface area is 108 Å². The van der Waals surface area contributed by atoms with Gasteiger partial charge in [0.25, 0.3) is 0 Å². The first-order chi connectivity index (χ1) is 6.86. The summed E-state index contributed by atoms with van der Waals surface area (Å²) in [5, 5.41) is 0. The fourth-order valence-corrected chi connectivity index (χ4v) is 4.45. The molecule has 0 spiro atoms. The smallest absolute Gasteiger partial charge is 0.0619 e. The highest BCUT2D eigenvalue weighted by atomic mass is 127. The zero-order valence-electron chi connectivity index (χ0n) is 7.45. The van der Waals surface area contributed by atoms with Crippen LogP contribution in [0.3, 0.4) is 0 Å². The highest BCUT2D eigenvalue weighted by Gasteiger charge is 2.17. The largest absolute Gasteiger partial charge is 0.359 e. The number of benzene rings is 2. The van der Waals surface area contributed by atoms with Gasteiger partial charge in [-0.1, -0.05) is 30.3 Å². The van der Waals surface area contributed by atoms with Crippen LogP contribution in [-0.4, -0.2) is 0 Å². The van der Waals surface area contributed by atoms with Crippen molar-refractivity contribution in [2.75, 3.05) is 0 Å². The van der Waals surface area contributed by atoms with Crippen molar-refractivity contribution in [3.05, 3.63) is 65.3 Å². The molecule has 0 saturated heterocycles. The topological polar surface area (TPSA) is 0 Å². The quantitative estimate of drug-likeness (QED) is 0.634. The summed E-state index contributed by atoms with van der Waals surface area (Å²) < 4.78 is 4.38. The van der Waals surface area contributed by atoms with E-state index in [1.165, 1.54) is 10.7 Å². The van der Waals surface area contributed by atoms with Crippen molar-refractivity contribution in [3.8, 4) is 0 Å². The van der Waals surface area contributed by atoms with Gasteiger partial charge in [-0.15, -0.1) is 0 Å². The molecule has 0 saturated carbocycles. The van der Waals surface area contributed by atoms with Crippen molar-refractivity contribution in [2.24, 2.45) is 0 Å². The first-order valence-electron chi connectivity index (χ1n) is 4.30. The third kappa shape index (κ3) is 2.70. The number of rotatable bonds is 2. The van der Waals surface area contributed by atoms with Crippen LogP contribution in [0.5, 0.6) is 0 Å². The van der Waals surface area contributed by atoms with E-state index in [1.54, 1.807) is 0 Å². The molecule has 2 aromatic rings. The molecule has 0 amide bonds. The van der Waals surface area contributed by atoms with Crippen molar-refractivity contribution >= 4 is 22.6 Å². The Morgan fingerprint density at radius 3 is 2.14 bits per heavy atom. The molecule has 70 valence electrons. The van der Waals surface area contributed by atoms with Gasteiger partial charge in [0.1, 0.15) is 0 Å². The third-order valence-electron chi connectivity index (χ3n) is 1.77. The Hall–Kier alpha value is -0.100. The standard InChI is InChI=1S/C12H9I2/c13-11-8-4-5-9-12(11)14-10-6-2-1-3-7-10/h1-9H/q+1. The summed E-state index contributed by atoms with van der Waals surface area (Å²) in [6.07, 6.45) is 0. The lowest BCUT2D eigenvalue weighted by atomic mass is 10.4. The maximum Gasteiger partial charge on any atom is 0.359 e. The average Bonchev–Trinajstić information content (AvgIpc) is 2.23. The minimum Gasteiger partial charge on any atom is -0.0619 e. The molecule has 0 aromatic heterocycles. The summed E-state index contributed by atoms with van der Waals surface area (Å²) in [7, 11) is 0. The van der Waals surface area contributed by atoms with Crippen LogP contribution < -0.4 is 21.2 Å².